The molecule has 0 fully saturated rings. The first-order chi connectivity index (χ1) is 12.9. The van der Waals surface area contributed by atoms with Gasteiger partial charge in [0, 0.05) is 35.3 Å². The molecule has 0 unspecified atom stereocenters. The van der Waals surface area contributed by atoms with Crippen LogP contribution in [-0.2, 0) is 15.1 Å². The van der Waals surface area contributed by atoms with Gasteiger partial charge in [0.15, 0.2) is 5.54 Å². The normalized spacial score (nSPS) is 18.0. The van der Waals surface area contributed by atoms with Crippen LogP contribution in [0.4, 0.5) is 5.69 Å². The van der Waals surface area contributed by atoms with Gasteiger partial charge < -0.3 is 15.0 Å². The molecular weight excluding hydrogens is 366 g/mol. The number of amides is 2. The van der Waals surface area contributed by atoms with Gasteiger partial charge in [-0.2, -0.15) is 0 Å². The van der Waals surface area contributed by atoms with Gasteiger partial charge in [-0.1, -0.05) is 36.7 Å². The van der Waals surface area contributed by atoms with E-state index in [1.165, 1.54) is 0 Å². The Hall–Kier alpha value is -2.57. The molecule has 0 aromatic heterocycles. The van der Waals surface area contributed by atoms with E-state index < -0.39 is 5.54 Å². The molecule has 0 spiro atoms. The first kappa shape index (κ1) is 19.2. The van der Waals surface area contributed by atoms with Crippen molar-refractivity contribution in [2.24, 2.45) is 0 Å². The summed E-state index contributed by atoms with van der Waals surface area (Å²) in [6.45, 7) is 1.98. The van der Waals surface area contributed by atoms with Crippen LogP contribution >= 0.6 is 11.6 Å². The van der Waals surface area contributed by atoms with Crippen LogP contribution in [0.25, 0.3) is 0 Å². The number of methoxy groups -OCH3 is 1. The molecule has 1 heterocycles. The number of ether oxygens (including phenoxy) is 1. The molecule has 2 aromatic carbocycles. The standard InChI is InChI=1S/C20H22ClN3O3/c1-4-18(25)24(2)12-22-20(14-7-5-6-8-17(14)27-3)15-11-13(21)9-10-16(15)23-19(20)26/h5-11,22H,4,12H2,1-3H3,(H,23,26)/t20-/m1/s1. The van der Waals surface area contributed by atoms with Crippen molar-refractivity contribution in [1.29, 1.82) is 0 Å². The quantitative estimate of drug-likeness (QED) is 0.747. The van der Waals surface area contributed by atoms with E-state index in [1.54, 1.807) is 50.2 Å². The fourth-order valence-corrected chi connectivity index (χ4v) is 3.53. The van der Waals surface area contributed by atoms with Crippen molar-refractivity contribution in [2.45, 2.75) is 18.9 Å². The highest BCUT2D eigenvalue weighted by molar-refractivity contribution is 6.31. The van der Waals surface area contributed by atoms with Crippen molar-refractivity contribution in [2.75, 3.05) is 26.1 Å². The number of benzene rings is 2. The van der Waals surface area contributed by atoms with Crippen LogP contribution in [0.3, 0.4) is 0 Å². The van der Waals surface area contributed by atoms with Crippen molar-refractivity contribution in [3.8, 4) is 5.75 Å². The lowest BCUT2D eigenvalue weighted by atomic mass is 9.83. The van der Waals surface area contributed by atoms with Crippen LogP contribution in [-0.4, -0.2) is 37.5 Å². The molecule has 2 aromatic rings. The predicted octanol–water partition coefficient (Wildman–Crippen LogP) is 2.96. The minimum atomic E-state index is -1.23. The first-order valence-corrected chi connectivity index (χ1v) is 9.05. The Morgan fingerprint density at radius 3 is 2.70 bits per heavy atom. The highest BCUT2D eigenvalue weighted by Crippen LogP contribution is 2.45. The topological polar surface area (TPSA) is 70.7 Å². The maximum absolute atomic E-state index is 13.2. The molecular formula is C20H22ClN3O3. The molecule has 0 radical (unpaired) electrons. The summed E-state index contributed by atoms with van der Waals surface area (Å²) in [5.74, 6) is 0.293. The molecule has 2 N–H and O–H groups in total. The second-order valence-corrected chi connectivity index (χ2v) is 6.81. The summed E-state index contributed by atoms with van der Waals surface area (Å²) >= 11 is 6.23. The Labute approximate surface area is 163 Å². The van der Waals surface area contributed by atoms with E-state index in [0.717, 1.165) is 0 Å². The minimum Gasteiger partial charge on any atom is -0.496 e. The minimum absolute atomic E-state index is 0.0256. The van der Waals surface area contributed by atoms with Crippen LogP contribution in [0.15, 0.2) is 42.5 Å². The number of hydrogen-bond donors (Lipinski definition) is 2. The van der Waals surface area contributed by atoms with Gasteiger partial charge in [0.05, 0.1) is 13.8 Å². The SMILES string of the molecule is CCC(=O)N(C)CN[C@@]1(c2ccccc2OC)C(=O)Nc2ccc(Cl)cc21. The number of fused-ring (bicyclic) bond motifs is 1. The Morgan fingerprint density at radius 2 is 2.00 bits per heavy atom. The lowest BCUT2D eigenvalue weighted by Gasteiger charge is -2.33. The molecule has 2 amide bonds. The van der Waals surface area contributed by atoms with Crippen LogP contribution in [0.1, 0.15) is 24.5 Å². The number of hydrogen-bond acceptors (Lipinski definition) is 4. The van der Waals surface area contributed by atoms with Gasteiger partial charge in [-0.25, -0.2) is 0 Å². The summed E-state index contributed by atoms with van der Waals surface area (Å²) in [6, 6.07) is 12.6. The summed E-state index contributed by atoms with van der Waals surface area (Å²) < 4.78 is 5.52. The smallest absolute Gasteiger partial charge is 0.254 e. The zero-order valence-corrected chi connectivity index (χ0v) is 16.3. The van der Waals surface area contributed by atoms with Gasteiger partial charge in [0.1, 0.15) is 5.75 Å². The lowest BCUT2D eigenvalue weighted by Crippen LogP contribution is -2.53. The van der Waals surface area contributed by atoms with Gasteiger partial charge >= 0.3 is 0 Å². The van der Waals surface area contributed by atoms with E-state index in [2.05, 4.69) is 10.6 Å². The van der Waals surface area contributed by atoms with Crippen molar-refractivity contribution in [1.82, 2.24) is 10.2 Å². The number of rotatable bonds is 6. The third kappa shape index (κ3) is 3.26. The van der Waals surface area contributed by atoms with E-state index in [-0.39, 0.29) is 18.5 Å². The van der Waals surface area contributed by atoms with Gasteiger partial charge in [0.25, 0.3) is 5.91 Å². The summed E-state index contributed by atoms with van der Waals surface area (Å²) in [7, 11) is 3.26. The number of carbonyl (C=O) groups excluding carboxylic acids is 2. The van der Waals surface area contributed by atoms with Crippen molar-refractivity contribution in [3.05, 3.63) is 58.6 Å². The molecule has 7 heteroatoms. The first-order valence-electron chi connectivity index (χ1n) is 8.68. The molecule has 1 aliphatic heterocycles. The number of halogens is 1. The Bertz CT molecular complexity index is 887. The summed E-state index contributed by atoms with van der Waals surface area (Å²) in [4.78, 5) is 26.8. The van der Waals surface area contributed by atoms with E-state index in [9.17, 15) is 9.59 Å². The second kappa shape index (κ2) is 7.58. The third-order valence-corrected chi connectivity index (χ3v) is 5.03. The molecule has 0 bridgehead atoms. The van der Waals surface area contributed by atoms with E-state index in [4.69, 9.17) is 16.3 Å². The lowest BCUT2D eigenvalue weighted by molar-refractivity contribution is -0.131. The molecule has 0 aliphatic carbocycles. The maximum Gasteiger partial charge on any atom is 0.254 e. The molecule has 0 saturated heterocycles. The number of nitrogens with zero attached hydrogens (tertiary/aromatic N) is 1. The fourth-order valence-electron chi connectivity index (χ4n) is 3.36. The van der Waals surface area contributed by atoms with Gasteiger partial charge in [-0.3, -0.25) is 14.9 Å². The number of para-hydroxylation sites is 1. The number of carbonyl (C=O) groups is 2. The van der Waals surface area contributed by atoms with Crippen LogP contribution in [0.2, 0.25) is 5.02 Å². The Morgan fingerprint density at radius 1 is 1.26 bits per heavy atom. The number of anilines is 1. The zero-order valence-electron chi connectivity index (χ0n) is 15.5. The Kier molecular flexibility index (Phi) is 5.39. The molecule has 0 saturated carbocycles. The highest BCUT2D eigenvalue weighted by Gasteiger charge is 2.50. The monoisotopic (exact) mass is 387 g/mol. The van der Waals surface area contributed by atoms with Crippen molar-refractivity contribution >= 4 is 29.1 Å². The van der Waals surface area contributed by atoms with E-state index in [0.29, 0.717) is 34.0 Å². The largest absolute Gasteiger partial charge is 0.496 e. The zero-order chi connectivity index (χ0) is 19.6. The molecule has 1 aliphatic rings. The summed E-state index contributed by atoms with van der Waals surface area (Å²) in [5.41, 5.74) is 0.798. The van der Waals surface area contributed by atoms with Gasteiger partial charge in [-0.05, 0) is 24.3 Å². The number of nitrogens with one attached hydrogen (secondary N) is 2. The highest BCUT2D eigenvalue weighted by atomic mass is 35.5. The van der Waals surface area contributed by atoms with Crippen LogP contribution < -0.4 is 15.4 Å². The molecule has 1 atom stereocenters. The molecule has 142 valence electrons. The van der Waals surface area contributed by atoms with Crippen LogP contribution in [0.5, 0.6) is 5.75 Å². The van der Waals surface area contributed by atoms with Crippen molar-refractivity contribution < 1.29 is 14.3 Å². The second-order valence-electron chi connectivity index (χ2n) is 6.37. The van der Waals surface area contributed by atoms with Gasteiger partial charge in [0.2, 0.25) is 5.91 Å². The summed E-state index contributed by atoms with van der Waals surface area (Å²) in [6.07, 6.45) is 0.383. The Balaban J connectivity index is 2.15. The fraction of sp³-hybridized carbons (Fsp3) is 0.300. The van der Waals surface area contributed by atoms with Crippen molar-refractivity contribution in [3.63, 3.8) is 0 Å². The molecule has 3 rings (SSSR count). The third-order valence-electron chi connectivity index (χ3n) is 4.79. The molecule has 27 heavy (non-hydrogen) atoms. The van der Waals surface area contributed by atoms with E-state index in [1.807, 2.05) is 18.2 Å². The maximum atomic E-state index is 13.2. The predicted molar refractivity (Wildman–Crippen MR) is 105 cm³/mol. The van der Waals surface area contributed by atoms with E-state index >= 15 is 0 Å². The average molecular weight is 388 g/mol. The average Bonchev–Trinajstić information content (AvgIpc) is 2.96. The van der Waals surface area contributed by atoms with Crippen LogP contribution in [0, 0.1) is 0 Å². The molecule has 6 nitrogen and oxygen atoms in total. The van der Waals surface area contributed by atoms with Gasteiger partial charge in [-0.15, -0.1) is 0 Å². The summed E-state index contributed by atoms with van der Waals surface area (Å²) in [5, 5.41) is 6.72.